The number of piperidine rings is 1. The Morgan fingerprint density at radius 3 is 2.66 bits per heavy atom. The van der Waals surface area contributed by atoms with Gasteiger partial charge < -0.3 is 20.5 Å². The number of carbonyl (C=O) groups excluding carboxylic acids is 1. The summed E-state index contributed by atoms with van der Waals surface area (Å²) in [6.45, 7) is 9.68. The zero-order valence-corrected chi connectivity index (χ0v) is 19.8. The Balaban J connectivity index is 0.000000227. The second kappa shape index (κ2) is 13.9. The van der Waals surface area contributed by atoms with E-state index < -0.39 is 5.91 Å². The number of aliphatic hydroxyl groups is 1. The van der Waals surface area contributed by atoms with Gasteiger partial charge in [-0.15, -0.1) is 0 Å². The molecule has 1 aromatic heterocycles. The molecule has 0 spiro atoms. The van der Waals surface area contributed by atoms with Crippen molar-refractivity contribution in [3.63, 3.8) is 0 Å². The molecule has 1 saturated heterocycles. The summed E-state index contributed by atoms with van der Waals surface area (Å²) >= 11 is 0. The molecule has 0 saturated carbocycles. The monoisotopic (exact) mass is 441 g/mol. The summed E-state index contributed by atoms with van der Waals surface area (Å²) in [5.74, 6) is 0.365. The molecule has 0 radical (unpaired) electrons. The van der Waals surface area contributed by atoms with Gasteiger partial charge in [-0.2, -0.15) is 0 Å². The quantitative estimate of drug-likeness (QED) is 0.573. The molecule has 176 valence electrons. The average Bonchev–Trinajstić information content (AvgIpc) is 2.77. The topological polar surface area (TPSA) is 88.7 Å². The zero-order valence-electron chi connectivity index (χ0n) is 19.8. The Labute approximate surface area is 192 Å². The third kappa shape index (κ3) is 8.97. The maximum Gasteiger partial charge on any atom is 0.249 e. The minimum Gasteiger partial charge on any atom is -0.493 e. The lowest BCUT2D eigenvalue weighted by Crippen LogP contribution is -2.38. The first-order chi connectivity index (χ1) is 15.4. The van der Waals surface area contributed by atoms with Gasteiger partial charge in [-0.1, -0.05) is 13.3 Å². The van der Waals surface area contributed by atoms with E-state index in [2.05, 4.69) is 28.9 Å². The van der Waals surface area contributed by atoms with Crippen molar-refractivity contribution in [3.8, 4) is 5.75 Å². The van der Waals surface area contributed by atoms with Crippen LogP contribution < -0.4 is 10.5 Å². The SMILES string of the molecule is CCCCOc1cc(C)cc(C(N)=O)c1C.O[C@H]1CCCN(CCCc2ccncc2)C1. The summed E-state index contributed by atoms with van der Waals surface area (Å²) in [7, 11) is 0. The van der Waals surface area contributed by atoms with Gasteiger partial charge in [0.15, 0.2) is 0 Å². The number of nitrogens with zero attached hydrogens (tertiary/aromatic N) is 2. The molecule has 32 heavy (non-hydrogen) atoms. The van der Waals surface area contributed by atoms with Gasteiger partial charge in [0.25, 0.3) is 0 Å². The van der Waals surface area contributed by atoms with E-state index in [0.29, 0.717) is 12.2 Å². The van der Waals surface area contributed by atoms with Crippen LogP contribution in [0, 0.1) is 13.8 Å². The van der Waals surface area contributed by atoms with Crippen LogP contribution in [0.5, 0.6) is 5.75 Å². The predicted octanol–water partition coefficient (Wildman–Crippen LogP) is 4.05. The molecular weight excluding hydrogens is 402 g/mol. The van der Waals surface area contributed by atoms with Gasteiger partial charge in [-0.05, 0) is 94.4 Å². The zero-order chi connectivity index (χ0) is 23.3. The highest BCUT2D eigenvalue weighted by molar-refractivity contribution is 5.95. The van der Waals surface area contributed by atoms with Crippen LogP contribution in [0.4, 0.5) is 0 Å². The maximum absolute atomic E-state index is 11.2. The van der Waals surface area contributed by atoms with Crippen molar-refractivity contribution in [1.82, 2.24) is 9.88 Å². The van der Waals surface area contributed by atoms with Crippen molar-refractivity contribution in [2.75, 3.05) is 26.2 Å². The second-order valence-electron chi connectivity index (χ2n) is 8.56. The number of pyridine rings is 1. The standard InChI is InChI=1S/C13H20N2O.C13H19NO2/c16-13-4-2-10-15(11-13)9-1-3-12-5-7-14-8-6-12;1-4-5-6-16-12-8-9(2)7-11(10(12)3)13(14)15/h5-8,13,16H,1-4,9-11H2;7-8H,4-6H2,1-3H3,(H2,14,15)/t13-;/m0./s1. The molecule has 6 nitrogen and oxygen atoms in total. The number of primary amides is 1. The van der Waals surface area contributed by atoms with Crippen molar-refractivity contribution < 1.29 is 14.6 Å². The van der Waals surface area contributed by atoms with E-state index in [1.165, 1.54) is 5.56 Å². The number of ether oxygens (including phenoxy) is 1. The second-order valence-corrected chi connectivity index (χ2v) is 8.56. The van der Waals surface area contributed by atoms with Crippen LogP contribution in [0.15, 0.2) is 36.7 Å². The highest BCUT2D eigenvalue weighted by atomic mass is 16.5. The lowest BCUT2D eigenvalue weighted by molar-refractivity contribution is 0.0702. The number of aromatic nitrogens is 1. The van der Waals surface area contributed by atoms with Crippen molar-refractivity contribution >= 4 is 5.91 Å². The van der Waals surface area contributed by atoms with E-state index in [0.717, 1.165) is 75.0 Å². The molecule has 1 aliphatic rings. The number of hydrogen-bond acceptors (Lipinski definition) is 5. The molecule has 1 amide bonds. The average molecular weight is 442 g/mol. The number of amides is 1. The summed E-state index contributed by atoms with van der Waals surface area (Å²) in [4.78, 5) is 17.6. The molecule has 1 fully saturated rings. The van der Waals surface area contributed by atoms with E-state index in [1.54, 1.807) is 6.07 Å². The third-order valence-electron chi connectivity index (χ3n) is 5.70. The Bertz CT molecular complexity index is 827. The number of nitrogens with two attached hydrogens (primary N) is 1. The number of unbranched alkanes of at least 4 members (excludes halogenated alkanes) is 1. The molecule has 0 aliphatic carbocycles. The molecule has 0 bridgehead atoms. The third-order valence-corrected chi connectivity index (χ3v) is 5.70. The van der Waals surface area contributed by atoms with Gasteiger partial charge in [0.05, 0.1) is 12.7 Å². The van der Waals surface area contributed by atoms with Crippen LogP contribution in [0.3, 0.4) is 0 Å². The van der Waals surface area contributed by atoms with E-state index in [-0.39, 0.29) is 6.10 Å². The first kappa shape index (κ1) is 25.8. The molecule has 3 N–H and O–H groups in total. The molecule has 1 aromatic carbocycles. The summed E-state index contributed by atoms with van der Waals surface area (Å²) in [6, 6.07) is 7.89. The van der Waals surface area contributed by atoms with Crippen LogP contribution in [0.2, 0.25) is 0 Å². The van der Waals surface area contributed by atoms with Crippen molar-refractivity contribution in [2.45, 2.75) is 65.4 Å². The van der Waals surface area contributed by atoms with Crippen molar-refractivity contribution in [1.29, 1.82) is 0 Å². The Morgan fingerprint density at radius 2 is 2.00 bits per heavy atom. The fourth-order valence-corrected chi connectivity index (χ4v) is 3.85. The number of hydrogen-bond donors (Lipinski definition) is 2. The first-order valence-corrected chi connectivity index (χ1v) is 11.7. The smallest absolute Gasteiger partial charge is 0.249 e. The fourth-order valence-electron chi connectivity index (χ4n) is 3.85. The molecule has 2 heterocycles. The summed E-state index contributed by atoms with van der Waals surface area (Å²) in [6.07, 6.45) is 10.1. The van der Waals surface area contributed by atoms with Gasteiger partial charge in [0, 0.05) is 30.1 Å². The highest BCUT2D eigenvalue weighted by Crippen LogP contribution is 2.24. The van der Waals surface area contributed by atoms with Crippen LogP contribution in [-0.2, 0) is 6.42 Å². The van der Waals surface area contributed by atoms with Crippen LogP contribution >= 0.6 is 0 Å². The van der Waals surface area contributed by atoms with E-state index in [9.17, 15) is 9.90 Å². The Morgan fingerprint density at radius 1 is 1.25 bits per heavy atom. The van der Waals surface area contributed by atoms with E-state index >= 15 is 0 Å². The molecule has 1 atom stereocenters. The van der Waals surface area contributed by atoms with Gasteiger partial charge in [0.1, 0.15) is 5.75 Å². The number of rotatable bonds is 9. The number of β-amino-alcohol motifs (C(OH)–C–C–N with tert-alkyl or cyclic N) is 1. The molecule has 6 heteroatoms. The minimum atomic E-state index is -0.401. The fraction of sp³-hybridized carbons (Fsp3) is 0.538. The van der Waals surface area contributed by atoms with Crippen LogP contribution in [-0.4, -0.2) is 53.2 Å². The van der Waals surface area contributed by atoms with Gasteiger partial charge in [-0.25, -0.2) is 0 Å². The molecule has 2 aromatic rings. The largest absolute Gasteiger partial charge is 0.493 e. The lowest BCUT2D eigenvalue weighted by Gasteiger charge is -2.29. The van der Waals surface area contributed by atoms with Gasteiger partial charge in [0.2, 0.25) is 5.91 Å². The van der Waals surface area contributed by atoms with Crippen LogP contribution in [0.25, 0.3) is 0 Å². The first-order valence-electron chi connectivity index (χ1n) is 11.7. The molecule has 1 aliphatic heterocycles. The van der Waals surface area contributed by atoms with Crippen molar-refractivity contribution in [3.05, 3.63) is 58.9 Å². The predicted molar refractivity (Wildman–Crippen MR) is 129 cm³/mol. The molecule has 3 rings (SSSR count). The summed E-state index contributed by atoms with van der Waals surface area (Å²) in [5, 5.41) is 9.55. The van der Waals surface area contributed by atoms with E-state index in [4.69, 9.17) is 10.5 Å². The molecular formula is C26H39N3O3. The summed E-state index contributed by atoms with van der Waals surface area (Å²) < 4.78 is 5.64. The number of carbonyl (C=O) groups is 1. The minimum absolute atomic E-state index is 0.102. The van der Waals surface area contributed by atoms with E-state index in [1.807, 2.05) is 32.3 Å². The van der Waals surface area contributed by atoms with Gasteiger partial charge in [-0.3, -0.25) is 9.78 Å². The summed E-state index contributed by atoms with van der Waals surface area (Å²) in [5.41, 5.74) is 9.03. The van der Waals surface area contributed by atoms with Gasteiger partial charge >= 0.3 is 0 Å². The number of benzene rings is 1. The Kier molecular flexibility index (Phi) is 11.2. The highest BCUT2D eigenvalue weighted by Gasteiger charge is 2.16. The van der Waals surface area contributed by atoms with Crippen molar-refractivity contribution in [2.24, 2.45) is 5.73 Å². The lowest BCUT2D eigenvalue weighted by atomic mass is 10.0. The maximum atomic E-state index is 11.2. The van der Waals surface area contributed by atoms with Crippen LogP contribution in [0.1, 0.15) is 66.1 Å². The number of aliphatic hydroxyl groups excluding tert-OH is 1. The number of likely N-dealkylation sites (tertiary alicyclic amines) is 1. The number of aryl methyl sites for hydroxylation is 2. The normalized spacial score (nSPS) is 16.2. The Hall–Kier alpha value is -2.44. The molecule has 0 unspecified atom stereocenters.